The monoisotopic (exact) mass is 180 g/mol. The van der Waals surface area contributed by atoms with E-state index in [0.717, 1.165) is 0 Å². The van der Waals surface area contributed by atoms with Gasteiger partial charge in [-0.25, -0.2) is 0 Å². The van der Waals surface area contributed by atoms with Gasteiger partial charge in [0.15, 0.2) is 0 Å². The molecular weight excluding hydrogens is 164 g/mol. The van der Waals surface area contributed by atoms with E-state index in [1.54, 1.807) is 0 Å². The second kappa shape index (κ2) is 4.56. The molecule has 0 N–H and O–H groups in total. The van der Waals surface area contributed by atoms with Crippen molar-refractivity contribution in [2.75, 3.05) is 0 Å². The van der Waals surface area contributed by atoms with Gasteiger partial charge in [0.05, 0.1) is 0 Å². The predicted molar refractivity (Wildman–Crippen MR) is 58.3 cm³/mol. The zero-order chi connectivity index (χ0) is 8.97. The molecule has 2 rings (SSSR count). The summed E-state index contributed by atoms with van der Waals surface area (Å²) in [5, 5.41) is 2.97. The zero-order valence-electron chi connectivity index (χ0n) is 7.95. The van der Waals surface area contributed by atoms with Crippen molar-refractivity contribution in [3.63, 3.8) is 0 Å². The van der Waals surface area contributed by atoms with E-state index in [9.17, 15) is 0 Å². The SMILES string of the molecule is CC.CC1=CSC2C=CC=CC12. The third kappa shape index (κ3) is 1.84. The van der Waals surface area contributed by atoms with Gasteiger partial charge in [-0.2, -0.15) is 0 Å². The predicted octanol–water partition coefficient (Wildman–Crippen LogP) is 3.77. The van der Waals surface area contributed by atoms with Crippen LogP contribution in [0.25, 0.3) is 0 Å². The van der Waals surface area contributed by atoms with Gasteiger partial charge in [0.25, 0.3) is 0 Å². The Morgan fingerprint density at radius 3 is 2.50 bits per heavy atom. The lowest BCUT2D eigenvalue weighted by Crippen LogP contribution is -2.10. The van der Waals surface area contributed by atoms with Crippen LogP contribution in [0.4, 0.5) is 0 Å². The molecule has 2 aliphatic rings. The summed E-state index contributed by atoms with van der Waals surface area (Å²) in [4.78, 5) is 0. The van der Waals surface area contributed by atoms with Crippen LogP contribution >= 0.6 is 11.8 Å². The van der Waals surface area contributed by atoms with Crippen LogP contribution in [0.15, 0.2) is 35.3 Å². The molecule has 0 fully saturated rings. The summed E-state index contributed by atoms with van der Waals surface area (Å²) in [6, 6.07) is 0. The van der Waals surface area contributed by atoms with Gasteiger partial charge in [-0.1, -0.05) is 43.7 Å². The highest BCUT2D eigenvalue weighted by Crippen LogP contribution is 2.38. The quantitative estimate of drug-likeness (QED) is 0.547. The Kier molecular flexibility index (Phi) is 3.67. The molecule has 0 aromatic rings. The average molecular weight is 180 g/mol. The number of fused-ring (bicyclic) bond motifs is 1. The number of allylic oxidation sites excluding steroid dienone is 4. The van der Waals surface area contributed by atoms with Gasteiger partial charge in [-0.3, -0.25) is 0 Å². The summed E-state index contributed by atoms with van der Waals surface area (Å²) in [5.41, 5.74) is 1.51. The smallest absolute Gasteiger partial charge is 0.0372 e. The molecule has 0 aromatic carbocycles. The summed E-state index contributed by atoms with van der Waals surface area (Å²) in [6.45, 7) is 6.21. The number of hydrogen-bond acceptors (Lipinski definition) is 1. The van der Waals surface area contributed by atoms with Crippen LogP contribution in [0.5, 0.6) is 0 Å². The number of rotatable bonds is 0. The molecule has 2 unspecified atom stereocenters. The first kappa shape index (κ1) is 9.66. The summed E-state index contributed by atoms with van der Waals surface area (Å²) >= 11 is 1.93. The van der Waals surface area contributed by atoms with Gasteiger partial charge < -0.3 is 0 Å². The minimum absolute atomic E-state index is 0.690. The normalized spacial score (nSPS) is 30.4. The van der Waals surface area contributed by atoms with E-state index >= 15 is 0 Å². The lowest BCUT2D eigenvalue weighted by atomic mass is 9.94. The molecule has 0 amide bonds. The maximum Gasteiger partial charge on any atom is 0.0372 e. The van der Waals surface area contributed by atoms with Gasteiger partial charge >= 0.3 is 0 Å². The van der Waals surface area contributed by atoms with Gasteiger partial charge in [-0.15, -0.1) is 11.8 Å². The number of thioether (sulfide) groups is 1. The largest absolute Gasteiger partial charge is 0.126 e. The maximum absolute atomic E-state index is 2.29. The van der Waals surface area contributed by atoms with E-state index in [0.29, 0.717) is 11.2 Å². The average Bonchev–Trinajstić information content (AvgIpc) is 2.53. The van der Waals surface area contributed by atoms with Gasteiger partial charge in [-0.05, 0) is 12.3 Å². The minimum atomic E-state index is 0.690. The van der Waals surface area contributed by atoms with Crippen molar-refractivity contribution in [2.45, 2.75) is 26.0 Å². The third-order valence-electron chi connectivity index (χ3n) is 2.02. The third-order valence-corrected chi connectivity index (χ3v) is 3.29. The van der Waals surface area contributed by atoms with E-state index in [1.807, 2.05) is 25.6 Å². The summed E-state index contributed by atoms with van der Waals surface area (Å²) in [5.74, 6) is 0.690. The molecule has 66 valence electrons. The van der Waals surface area contributed by atoms with Crippen LogP contribution in [0, 0.1) is 5.92 Å². The summed E-state index contributed by atoms with van der Waals surface area (Å²) < 4.78 is 0. The molecule has 2 atom stereocenters. The fraction of sp³-hybridized carbons (Fsp3) is 0.455. The Balaban J connectivity index is 0.000000336. The molecule has 0 aromatic heterocycles. The fourth-order valence-corrected chi connectivity index (χ4v) is 2.58. The molecular formula is C11H16S. The van der Waals surface area contributed by atoms with E-state index in [2.05, 4.69) is 36.6 Å². The minimum Gasteiger partial charge on any atom is -0.126 e. The standard InChI is InChI=1S/C9H10S.C2H6/c1-7-6-10-9-5-3-2-4-8(7)9;1-2/h2-6,8-9H,1H3;1-2H3. The first-order valence-electron chi connectivity index (χ1n) is 4.55. The lowest BCUT2D eigenvalue weighted by molar-refractivity contribution is 0.801. The van der Waals surface area contributed by atoms with Crippen molar-refractivity contribution in [3.05, 3.63) is 35.3 Å². The molecule has 0 nitrogen and oxygen atoms in total. The van der Waals surface area contributed by atoms with Crippen LogP contribution in [-0.2, 0) is 0 Å². The molecule has 1 aliphatic heterocycles. The molecule has 0 saturated heterocycles. The molecule has 0 saturated carbocycles. The molecule has 1 aliphatic carbocycles. The maximum atomic E-state index is 2.29. The Bertz CT molecular complexity index is 223. The van der Waals surface area contributed by atoms with Crippen molar-refractivity contribution in [2.24, 2.45) is 5.92 Å². The van der Waals surface area contributed by atoms with Crippen LogP contribution in [-0.4, -0.2) is 5.25 Å². The van der Waals surface area contributed by atoms with Crippen LogP contribution in [0.1, 0.15) is 20.8 Å². The highest BCUT2D eigenvalue weighted by Gasteiger charge is 2.24. The van der Waals surface area contributed by atoms with E-state index in [4.69, 9.17) is 0 Å². The molecule has 0 bridgehead atoms. The van der Waals surface area contributed by atoms with Crippen molar-refractivity contribution in [1.29, 1.82) is 0 Å². The topological polar surface area (TPSA) is 0 Å². The Labute approximate surface area is 79.4 Å². The zero-order valence-corrected chi connectivity index (χ0v) is 8.77. The van der Waals surface area contributed by atoms with Gasteiger partial charge in [0, 0.05) is 11.2 Å². The number of hydrogen-bond donors (Lipinski definition) is 0. The van der Waals surface area contributed by atoms with Crippen molar-refractivity contribution < 1.29 is 0 Å². The highest BCUT2D eigenvalue weighted by atomic mass is 32.2. The van der Waals surface area contributed by atoms with Crippen LogP contribution < -0.4 is 0 Å². The van der Waals surface area contributed by atoms with Gasteiger partial charge in [0.1, 0.15) is 0 Å². The summed E-state index contributed by atoms with van der Waals surface area (Å²) in [6.07, 6.45) is 8.85. The molecule has 1 heterocycles. The molecule has 12 heavy (non-hydrogen) atoms. The van der Waals surface area contributed by atoms with Gasteiger partial charge in [0.2, 0.25) is 0 Å². The van der Waals surface area contributed by atoms with Crippen molar-refractivity contribution >= 4 is 11.8 Å². The molecule has 0 spiro atoms. The first-order chi connectivity index (χ1) is 5.88. The summed E-state index contributed by atoms with van der Waals surface area (Å²) in [7, 11) is 0. The second-order valence-electron chi connectivity index (χ2n) is 2.76. The lowest BCUT2D eigenvalue weighted by Gasteiger charge is -2.15. The fourth-order valence-electron chi connectivity index (χ4n) is 1.39. The molecule has 1 heteroatoms. The Morgan fingerprint density at radius 1 is 1.17 bits per heavy atom. The van der Waals surface area contributed by atoms with E-state index in [1.165, 1.54) is 5.57 Å². The second-order valence-corrected chi connectivity index (χ2v) is 3.81. The Hall–Kier alpha value is -0.430. The first-order valence-corrected chi connectivity index (χ1v) is 5.49. The Morgan fingerprint density at radius 2 is 1.83 bits per heavy atom. The van der Waals surface area contributed by atoms with Crippen molar-refractivity contribution in [1.82, 2.24) is 0 Å². The van der Waals surface area contributed by atoms with Crippen LogP contribution in [0.2, 0.25) is 0 Å². The molecule has 0 radical (unpaired) electrons. The van der Waals surface area contributed by atoms with E-state index in [-0.39, 0.29) is 0 Å². The van der Waals surface area contributed by atoms with Crippen molar-refractivity contribution in [3.8, 4) is 0 Å². The highest BCUT2D eigenvalue weighted by molar-refractivity contribution is 8.03. The van der Waals surface area contributed by atoms with E-state index < -0.39 is 0 Å². The van der Waals surface area contributed by atoms with Crippen LogP contribution in [0.3, 0.4) is 0 Å².